The van der Waals surface area contributed by atoms with Gasteiger partial charge in [-0.3, -0.25) is 4.98 Å². The van der Waals surface area contributed by atoms with Crippen LogP contribution in [0.2, 0.25) is 0 Å². The summed E-state index contributed by atoms with van der Waals surface area (Å²) in [5, 5.41) is 6.87. The van der Waals surface area contributed by atoms with Crippen LogP contribution in [0, 0.1) is 13.8 Å². The Balaban J connectivity index is 1.69. The van der Waals surface area contributed by atoms with Gasteiger partial charge in [-0.15, -0.1) is 11.8 Å². The van der Waals surface area contributed by atoms with Crippen LogP contribution >= 0.6 is 11.8 Å². The van der Waals surface area contributed by atoms with Crippen LogP contribution in [0.15, 0.2) is 11.2 Å². The van der Waals surface area contributed by atoms with Gasteiger partial charge in [-0.1, -0.05) is 0 Å². The zero-order valence-electron chi connectivity index (χ0n) is 16.2. The molecule has 4 N–H and O–H groups in total. The minimum atomic E-state index is -0.0608. The average Bonchev–Trinajstić information content (AvgIpc) is 3.41. The number of nitrogens with zero attached hydrogens (tertiary/aromatic N) is 5. The Morgan fingerprint density at radius 3 is 2.82 bits per heavy atom. The fourth-order valence-corrected chi connectivity index (χ4v) is 5.39. The number of hydrogen-bond acceptors (Lipinski definition) is 8. The second kappa shape index (κ2) is 6.05. The molecular weight excluding hydrogens is 374 g/mol. The van der Waals surface area contributed by atoms with Crippen molar-refractivity contribution in [1.29, 1.82) is 0 Å². The molecule has 0 bridgehead atoms. The molecule has 1 atom stereocenters. The second-order valence-electron chi connectivity index (χ2n) is 7.71. The molecule has 1 spiro atoms. The lowest BCUT2D eigenvalue weighted by Gasteiger charge is -2.18. The van der Waals surface area contributed by atoms with Crippen molar-refractivity contribution < 1.29 is 4.74 Å². The number of nitrogen functional groups attached to an aromatic ring is 1. The largest absolute Gasteiger partial charge is 0.496 e. The minimum absolute atomic E-state index is 0.0544. The zero-order chi connectivity index (χ0) is 19.6. The summed E-state index contributed by atoms with van der Waals surface area (Å²) in [6, 6.07) is 0.0544. The first-order chi connectivity index (χ1) is 13.4. The zero-order valence-corrected chi connectivity index (χ0v) is 17.0. The van der Waals surface area contributed by atoms with Crippen molar-refractivity contribution in [1.82, 2.24) is 24.7 Å². The highest BCUT2D eigenvalue weighted by Gasteiger charge is 2.54. The molecule has 4 heterocycles. The van der Waals surface area contributed by atoms with Gasteiger partial charge in [0, 0.05) is 34.5 Å². The molecule has 0 saturated heterocycles. The number of ether oxygens (including phenoxy) is 1. The molecular formula is C19H23N7OS. The fourth-order valence-electron chi connectivity index (χ4n) is 4.24. The van der Waals surface area contributed by atoms with Gasteiger partial charge in [-0.25, -0.2) is 9.67 Å². The number of nitrogens with two attached hydrogens (primary N) is 2. The van der Waals surface area contributed by atoms with E-state index in [1.165, 1.54) is 0 Å². The fraction of sp³-hybridized carbons (Fsp3) is 0.474. The Labute approximate surface area is 167 Å². The molecule has 0 radical (unpaired) electrons. The van der Waals surface area contributed by atoms with Crippen LogP contribution < -0.4 is 16.2 Å². The molecule has 0 amide bonds. The average molecular weight is 398 g/mol. The minimum Gasteiger partial charge on any atom is -0.496 e. The van der Waals surface area contributed by atoms with Gasteiger partial charge in [-0.2, -0.15) is 10.1 Å². The third-order valence-corrected chi connectivity index (χ3v) is 7.09. The Morgan fingerprint density at radius 2 is 2.11 bits per heavy atom. The molecule has 1 aliphatic heterocycles. The molecule has 9 heteroatoms. The first-order valence-corrected chi connectivity index (χ1v) is 10.3. The van der Waals surface area contributed by atoms with E-state index in [4.69, 9.17) is 21.3 Å². The van der Waals surface area contributed by atoms with E-state index in [1.807, 2.05) is 24.7 Å². The molecule has 1 aliphatic carbocycles. The second-order valence-corrected chi connectivity index (χ2v) is 8.72. The Bertz CT molecular complexity index is 1110. The van der Waals surface area contributed by atoms with Crippen molar-refractivity contribution >= 4 is 28.7 Å². The molecule has 146 valence electrons. The molecule has 3 aromatic rings. The standard InChI is InChI=1S/C19H23N7OS/c1-9-6-22-11(10(2)14(9)27-3)7-26-16-13-15(25-26)19(4-5-19)12(20)8-28-17(13)24-18(21)23-16/h6,12H,4-5,7-8,20H2,1-3H3,(H2,21,23,24). The van der Waals surface area contributed by atoms with Crippen molar-refractivity contribution in [3.63, 3.8) is 0 Å². The van der Waals surface area contributed by atoms with Crippen LogP contribution in [0.3, 0.4) is 0 Å². The van der Waals surface area contributed by atoms with E-state index in [0.29, 0.717) is 6.54 Å². The van der Waals surface area contributed by atoms with Crippen LogP contribution in [-0.4, -0.2) is 43.6 Å². The normalized spacial score (nSPS) is 19.8. The quantitative estimate of drug-likeness (QED) is 0.644. The van der Waals surface area contributed by atoms with Crippen molar-refractivity contribution in [2.24, 2.45) is 5.73 Å². The lowest BCUT2D eigenvalue weighted by molar-refractivity contribution is 0.406. The number of anilines is 1. The van der Waals surface area contributed by atoms with Crippen LogP contribution in [0.25, 0.3) is 11.0 Å². The Kier molecular flexibility index (Phi) is 3.82. The maximum atomic E-state index is 6.53. The summed E-state index contributed by atoms with van der Waals surface area (Å²) in [5.41, 5.74) is 17.2. The van der Waals surface area contributed by atoms with E-state index in [0.717, 1.165) is 62.9 Å². The van der Waals surface area contributed by atoms with Gasteiger partial charge < -0.3 is 16.2 Å². The number of aromatic nitrogens is 5. The van der Waals surface area contributed by atoms with E-state index >= 15 is 0 Å². The molecule has 1 saturated carbocycles. The van der Waals surface area contributed by atoms with Gasteiger partial charge >= 0.3 is 0 Å². The first kappa shape index (κ1) is 17.7. The van der Waals surface area contributed by atoms with Gasteiger partial charge in [0.15, 0.2) is 5.65 Å². The van der Waals surface area contributed by atoms with Gasteiger partial charge in [0.2, 0.25) is 5.95 Å². The highest BCUT2D eigenvalue weighted by Crippen LogP contribution is 2.55. The summed E-state index contributed by atoms with van der Waals surface area (Å²) >= 11 is 1.65. The molecule has 0 aromatic carbocycles. The number of hydrogen-bond donors (Lipinski definition) is 2. The summed E-state index contributed by atoms with van der Waals surface area (Å²) in [7, 11) is 1.68. The highest BCUT2D eigenvalue weighted by atomic mass is 32.2. The highest BCUT2D eigenvalue weighted by molar-refractivity contribution is 7.99. The molecule has 8 nitrogen and oxygen atoms in total. The van der Waals surface area contributed by atoms with Crippen molar-refractivity contribution in [2.45, 2.75) is 49.7 Å². The number of pyridine rings is 1. The molecule has 28 heavy (non-hydrogen) atoms. The summed E-state index contributed by atoms with van der Waals surface area (Å²) < 4.78 is 7.45. The molecule has 3 aromatic heterocycles. The summed E-state index contributed by atoms with van der Waals surface area (Å²) in [4.78, 5) is 13.6. The maximum Gasteiger partial charge on any atom is 0.223 e. The predicted octanol–water partition coefficient (Wildman–Crippen LogP) is 1.94. The lowest BCUT2D eigenvalue weighted by Crippen LogP contribution is -2.36. The topological polar surface area (TPSA) is 118 Å². The van der Waals surface area contributed by atoms with Crippen molar-refractivity contribution in [3.8, 4) is 5.75 Å². The number of aryl methyl sites for hydroxylation is 1. The van der Waals surface area contributed by atoms with Gasteiger partial charge in [0.05, 0.1) is 30.4 Å². The SMILES string of the molecule is COc1c(C)cnc(Cn2nc3c4c(nc(N)nc42)SCC(N)C32CC2)c1C. The Morgan fingerprint density at radius 1 is 1.32 bits per heavy atom. The van der Waals surface area contributed by atoms with E-state index in [-0.39, 0.29) is 17.4 Å². The van der Waals surface area contributed by atoms with Crippen molar-refractivity contribution in [3.05, 3.63) is 28.7 Å². The van der Waals surface area contributed by atoms with E-state index < -0.39 is 0 Å². The smallest absolute Gasteiger partial charge is 0.223 e. The third-order valence-electron chi connectivity index (χ3n) is 6.00. The van der Waals surface area contributed by atoms with E-state index in [1.54, 1.807) is 18.9 Å². The van der Waals surface area contributed by atoms with Crippen LogP contribution in [0.1, 0.15) is 35.4 Å². The molecule has 5 rings (SSSR count). The van der Waals surface area contributed by atoms with Gasteiger partial charge in [0.1, 0.15) is 10.8 Å². The van der Waals surface area contributed by atoms with Crippen LogP contribution in [-0.2, 0) is 12.0 Å². The van der Waals surface area contributed by atoms with Crippen LogP contribution in [0.4, 0.5) is 5.95 Å². The van der Waals surface area contributed by atoms with E-state index in [2.05, 4.69) is 15.0 Å². The number of thioether (sulfide) groups is 1. The van der Waals surface area contributed by atoms with Crippen LogP contribution in [0.5, 0.6) is 5.75 Å². The summed E-state index contributed by atoms with van der Waals surface area (Å²) in [6.07, 6.45) is 3.94. The Hall–Kier alpha value is -2.39. The molecule has 1 fully saturated rings. The summed E-state index contributed by atoms with van der Waals surface area (Å²) in [5.74, 6) is 1.93. The van der Waals surface area contributed by atoms with Crippen molar-refractivity contribution in [2.75, 3.05) is 18.6 Å². The molecule has 2 aliphatic rings. The number of rotatable bonds is 3. The summed E-state index contributed by atoms with van der Waals surface area (Å²) in [6.45, 7) is 4.50. The number of fused-ring (bicyclic) bond motifs is 1. The van der Waals surface area contributed by atoms with Gasteiger partial charge in [-0.05, 0) is 26.7 Å². The lowest BCUT2D eigenvalue weighted by atomic mass is 9.93. The predicted molar refractivity (Wildman–Crippen MR) is 109 cm³/mol. The first-order valence-electron chi connectivity index (χ1n) is 9.36. The third kappa shape index (κ3) is 2.42. The monoisotopic (exact) mass is 397 g/mol. The van der Waals surface area contributed by atoms with Gasteiger partial charge in [0.25, 0.3) is 0 Å². The molecule has 1 unspecified atom stereocenters. The maximum absolute atomic E-state index is 6.53. The van der Waals surface area contributed by atoms with E-state index in [9.17, 15) is 0 Å². The number of methoxy groups -OCH3 is 1.